The maximum Gasteiger partial charge on any atom is 0.306 e. The van der Waals surface area contributed by atoms with Crippen LogP contribution in [0.1, 0.15) is 213 Å². The number of esters is 1. The van der Waals surface area contributed by atoms with Gasteiger partial charge in [-0.1, -0.05) is 161 Å². The Morgan fingerprint density at radius 1 is 0.571 bits per heavy atom. The molecule has 0 bridgehead atoms. The molecule has 3 N–H and O–H groups in total. The Bertz CT molecular complexity index is 782. The summed E-state index contributed by atoms with van der Waals surface area (Å²) in [5.41, 5.74) is 0. The lowest BCUT2D eigenvalue weighted by atomic mass is 10.0. The van der Waals surface area contributed by atoms with Gasteiger partial charge in [-0.25, -0.2) is 0 Å². The first-order chi connectivity index (χ1) is 24.0. The molecule has 49 heavy (non-hydrogen) atoms. The van der Waals surface area contributed by atoms with Gasteiger partial charge >= 0.3 is 5.97 Å². The summed E-state index contributed by atoms with van der Waals surface area (Å²) in [5.74, 6) is -0.504. The van der Waals surface area contributed by atoms with E-state index in [2.05, 4.69) is 50.4 Å². The van der Waals surface area contributed by atoms with Crippen molar-refractivity contribution in [3.05, 3.63) is 24.3 Å². The molecule has 0 radical (unpaired) electrons. The summed E-state index contributed by atoms with van der Waals surface area (Å²) in [6, 6.07) is -0.700. The van der Waals surface area contributed by atoms with Gasteiger partial charge in [-0.15, -0.1) is 0 Å². The van der Waals surface area contributed by atoms with Crippen LogP contribution in [-0.4, -0.2) is 46.9 Å². The van der Waals surface area contributed by atoms with Gasteiger partial charge in [0.15, 0.2) is 0 Å². The number of nitrogens with one attached hydrogen (secondary N) is 1. The number of carbonyl (C=O) groups is 2. The van der Waals surface area contributed by atoms with Crippen LogP contribution in [0.4, 0.5) is 0 Å². The van der Waals surface area contributed by atoms with E-state index in [1.807, 2.05) is 0 Å². The zero-order chi connectivity index (χ0) is 36.0. The first-order valence-corrected chi connectivity index (χ1v) is 21.1. The summed E-state index contributed by atoms with van der Waals surface area (Å²) < 4.78 is 5.84. The van der Waals surface area contributed by atoms with E-state index in [4.69, 9.17) is 4.74 Å². The Morgan fingerprint density at radius 2 is 1.04 bits per heavy atom. The molecule has 288 valence electrons. The molecule has 0 aromatic carbocycles. The number of hydrogen-bond acceptors (Lipinski definition) is 5. The normalized spacial score (nSPS) is 13.7. The Labute approximate surface area is 303 Å². The number of unbranched alkanes of at least 4 members (excludes halogenated alkanes) is 21. The van der Waals surface area contributed by atoms with Crippen LogP contribution in [0, 0.1) is 0 Å². The zero-order valence-corrected chi connectivity index (χ0v) is 32.6. The highest BCUT2D eigenvalue weighted by molar-refractivity contribution is 5.77. The number of aliphatic hydroxyl groups is 2. The van der Waals surface area contributed by atoms with Gasteiger partial charge in [0.2, 0.25) is 5.91 Å². The third-order valence-electron chi connectivity index (χ3n) is 9.48. The van der Waals surface area contributed by atoms with Crippen LogP contribution < -0.4 is 5.32 Å². The molecule has 0 aromatic rings. The van der Waals surface area contributed by atoms with Gasteiger partial charge in [0.25, 0.3) is 0 Å². The Balaban J connectivity index is 4.54. The lowest BCUT2D eigenvalue weighted by molar-refractivity contribution is -0.151. The minimum absolute atomic E-state index is 0.0651. The van der Waals surface area contributed by atoms with Crippen molar-refractivity contribution < 1.29 is 24.5 Å². The summed E-state index contributed by atoms with van der Waals surface area (Å²) in [6.07, 6.45) is 39.6. The van der Waals surface area contributed by atoms with E-state index in [1.165, 1.54) is 83.5 Å². The summed E-state index contributed by atoms with van der Waals surface area (Å²) in [4.78, 5) is 25.8. The van der Waals surface area contributed by atoms with Crippen molar-refractivity contribution in [3.8, 4) is 0 Å². The van der Waals surface area contributed by atoms with Gasteiger partial charge in [-0.2, -0.15) is 0 Å². The van der Waals surface area contributed by atoms with Crippen LogP contribution in [0.3, 0.4) is 0 Å². The van der Waals surface area contributed by atoms with E-state index in [0.717, 1.165) is 83.5 Å². The highest BCUT2D eigenvalue weighted by Crippen LogP contribution is 2.17. The molecule has 0 aromatic heterocycles. The average molecular weight is 692 g/mol. The number of aliphatic hydroxyl groups excluding tert-OH is 2. The summed E-state index contributed by atoms with van der Waals surface area (Å²) in [7, 11) is 0. The largest absolute Gasteiger partial charge is 0.462 e. The molecule has 0 heterocycles. The highest BCUT2D eigenvalue weighted by Gasteiger charge is 2.24. The fourth-order valence-electron chi connectivity index (χ4n) is 6.24. The molecule has 0 aliphatic carbocycles. The van der Waals surface area contributed by atoms with Crippen LogP contribution in [0.25, 0.3) is 0 Å². The Kier molecular flexibility index (Phi) is 36.3. The van der Waals surface area contributed by atoms with Crippen molar-refractivity contribution in [2.45, 2.75) is 232 Å². The molecule has 0 aliphatic heterocycles. The first kappa shape index (κ1) is 47.3. The van der Waals surface area contributed by atoms with Crippen LogP contribution in [-0.2, 0) is 14.3 Å². The maximum absolute atomic E-state index is 13.0. The molecule has 0 fully saturated rings. The van der Waals surface area contributed by atoms with Gasteiger partial charge < -0.3 is 20.3 Å². The second kappa shape index (κ2) is 37.6. The molecule has 1 amide bonds. The molecular weight excluding hydrogens is 610 g/mol. The van der Waals surface area contributed by atoms with Gasteiger partial charge in [0, 0.05) is 6.42 Å². The third kappa shape index (κ3) is 33.3. The second-order valence-electron chi connectivity index (χ2n) is 14.4. The first-order valence-electron chi connectivity index (χ1n) is 21.1. The van der Waals surface area contributed by atoms with Gasteiger partial charge in [0.1, 0.15) is 6.10 Å². The van der Waals surface area contributed by atoms with E-state index in [1.54, 1.807) is 0 Å². The van der Waals surface area contributed by atoms with Crippen LogP contribution in [0.15, 0.2) is 24.3 Å². The van der Waals surface area contributed by atoms with E-state index >= 15 is 0 Å². The molecule has 0 saturated heterocycles. The van der Waals surface area contributed by atoms with Crippen LogP contribution in [0.5, 0.6) is 0 Å². The number of amides is 1. The topological polar surface area (TPSA) is 95.9 Å². The smallest absolute Gasteiger partial charge is 0.306 e. The predicted octanol–water partition coefficient (Wildman–Crippen LogP) is 11.6. The molecule has 6 heteroatoms. The maximum atomic E-state index is 13.0. The van der Waals surface area contributed by atoms with Crippen molar-refractivity contribution in [2.75, 3.05) is 6.61 Å². The van der Waals surface area contributed by atoms with Gasteiger partial charge in [-0.3, -0.25) is 9.59 Å². The molecule has 6 nitrogen and oxygen atoms in total. The average Bonchev–Trinajstić information content (AvgIpc) is 3.09. The number of rotatable bonds is 37. The molecule has 0 rings (SSSR count). The monoisotopic (exact) mass is 692 g/mol. The van der Waals surface area contributed by atoms with Crippen molar-refractivity contribution in [3.63, 3.8) is 0 Å². The van der Waals surface area contributed by atoms with E-state index in [-0.39, 0.29) is 24.9 Å². The number of ether oxygens (including phenoxy) is 1. The van der Waals surface area contributed by atoms with Crippen molar-refractivity contribution in [2.24, 2.45) is 0 Å². The van der Waals surface area contributed by atoms with E-state index in [0.29, 0.717) is 19.3 Å². The summed E-state index contributed by atoms with van der Waals surface area (Å²) in [6.45, 7) is 6.34. The third-order valence-corrected chi connectivity index (χ3v) is 9.48. The summed E-state index contributed by atoms with van der Waals surface area (Å²) >= 11 is 0. The molecule has 0 saturated carbocycles. The standard InChI is InChI=1S/C43H81NO5/c1-4-7-10-13-16-19-21-23-26-29-32-35-41(46)40(38-45)44-42(47)37-39(34-31-28-25-18-15-12-9-6-3)49-43(48)36-33-30-27-24-22-20-17-14-11-8-5-2/h12,14-15,17,39-41,45-46H,4-11,13,16,18-38H2,1-3H3,(H,44,47)/b15-12-,17-14-. The quantitative estimate of drug-likeness (QED) is 0.0342. The van der Waals surface area contributed by atoms with Crippen molar-refractivity contribution in [1.82, 2.24) is 5.32 Å². The lowest BCUT2D eigenvalue weighted by Gasteiger charge is -2.24. The number of allylic oxidation sites excluding steroid dienone is 4. The van der Waals surface area contributed by atoms with Crippen molar-refractivity contribution >= 4 is 11.9 Å². The number of hydrogen-bond donors (Lipinski definition) is 3. The lowest BCUT2D eigenvalue weighted by Crippen LogP contribution is -2.46. The van der Waals surface area contributed by atoms with Crippen LogP contribution in [0.2, 0.25) is 0 Å². The fraction of sp³-hybridized carbons (Fsp3) is 0.860. The number of carbonyl (C=O) groups excluding carboxylic acids is 2. The minimum Gasteiger partial charge on any atom is -0.462 e. The van der Waals surface area contributed by atoms with Crippen LogP contribution >= 0.6 is 0 Å². The fourth-order valence-corrected chi connectivity index (χ4v) is 6.24. The minimum atomic E-state index is -0.786. The Morgan fingerprint density at radius 3 is 1.61 bits per heavy atom. The SMILES string of the molecule is CCC/C=C\CCCCCC(CC(=O)NC(CO)C(O)CCCCCCCCCCCCC)OC(=O)CCCCCCC/C=C\CCCC. The zero-order valence-electron chi connectivity index (χ0n) is 32.6. The molecule has 3 atom stereocenters. The molecule has 0 spiro atoms. The van der Waals surface area contributed by atoms with Gasteiger partial charge in [0.05, 0.1) is 25.2 Å². The van der Waals surface area contributed by atoms with E-state index in [9.17, 15) is 19.8 Å². The second-order valence-corrected chi connectivity index (χ2v) is 14.4. The predicted molar refractivity (Wildman–Crippen MR) is 209 cm³/mol. The Hall–Kier alpha value is -1.66. The van der Waals surface area contributed by atoms with Crippen molar-refractivity contribution in [1.29, 1.82) is 0 Å². The molecule has 0 aliphatic rings. The van der Waals surface area contributed by atoms with E-state index < -0.39 is 18.2 Å². The molecule has 3 unspecified atom stereocenters. The summed E-state index contributed by atoms with van der Waals surface area (Å²) in [5, 5.41) is 23.5. The highest BCUT2D eigenvalue weighted by atomic mass is 16.5. The molecular formula is C43H81NO5. The van der Waals surface area contributed by atoms with Gasteiger partial charge in [-0.05, 0) is 64.2 Å².